The van der Waals surface area contributed by atoms with Crippen LogP contribution in [0.25, 0.3) is 0 Å². The van der Waals surface area contributed by atoms with Gasteiger partial charge in [-0.2, -0.15) is 0 Å². The van der Waals surface area contributed by atoms with Gasteiger partial charge in [0.1, 0.15) is 0 Å². The van der Waals surface area contributed by atoms with Crippen molar-refractivity contribution in [1.29, 1.82) is 0 Å². The van der Waals surface area contributed by atoms with Gasteiger partial charge >= 0.3 is 5.97 Å². The van der Waals surface area contributed by atoms with Crippen LogP contribution in [0.15, 0.2) is 0 Å². The quantitative estimate of drug-likeness (QED) is 0.576. The molecule has 17 heavy (non-hydrogen) atoms. The molecule has 0 bridgehead atoms. The molecule has 1 heterocycles. The minimum atomic E-state index is -1.22. The predicted octanol–water partition coefficient (Wildman–Crippen LogP) is -0.654. The number of hydrogen-bond acceptors (Lipinski definition) is 4. The van der Waals surface area contributed by atoms with E-state index in [0.29, 0.717) is 18.9 Å². The number of amides is 1. The number of carboxylic acid groups (broad SMARTS) is 1. The van der Waals surface area contributed by atoms with Gasteiger partial charge in [0.15, 0.2) is 5.54 Å². The minimum absolute atomic E-state index is 0.0523. The van der Waals surface area contributed by atoms with Crippen molar-refractivity contribution in [3.05, 3.63) is 0 Å². The Morgan fingerprint density at radius 2 is 2.18 bits per heavy atom. The van der Waals surface area contributed by atoms with Crippen LogP contribution in [0.5, 0.6) is 0 Å². The fourth-order valence-electron chi connectivity index (χ4n) is 1.91. The second-order valence-corrected chi connectivity index (χ2v) is 4.81. The smallest absolute Gasteiger partial charge is 0.331 e. The molecule has 96 valence electrons. The van der Waals surface area contributed by atoms with Gasteiger partial charge in [-0.1, -0.05) is 0 Å². The van der Waals surface area contributed by atoms with E-state index in [0.717, 1.165) is 6.54 Å². The van der Waals surface area contributed by atoms with E-state index >= 15 is 0 Å². The van der Waals surface area contributed by atoms with Gasteiger partial charge in [0.05, 0.1) is 13.2 Å². The number of aliphatic carboxylic acids is 1. The van der Waals surface area contributed by atoms with E-state index in [1.54, 1.807) is 0 Å². The van der Waals surface area contributed by atoms with Crippen LogP contribution in [0.2, 0.25) is 0 Å². The first-order valence-corrected chi connectivity index (χ1v) is 5.95. The molecule has 2 rings (SSSR count). The lowest BCUT2D eigenvalue weighted by atomic mass is 9.99. The van der Waals surface area contributed by atoms with Gasteiger partial charge in [-0.15, -0.1) is 0 Å². The van der Waals surface area contributed by atoms with Gasteiger partial charge in [0, 0.05) is 13.0 Å². The zero-order chi connectivity index (χ0) is 12.3. The van der Waals surface area contributed by atoms with Crippen LogP contribution < -0.4 is 10.6 Å². The van der Waals surface area contributed by atoms with Crippen LogP contribution in [0.3, 0.4) is 0 Å². The summed E-state index contributed by atoms with van der Waals surface area (Å²) in [5.41, 5.74) is -1.22. The summed E-state index contributed by atoms with van der Waals surface area (Å²) in [6.45, 7) is 1.44. The second-order valence-electron chi connectivity index (χ2n) is 4.81. The molecule has 1 amide bonds. The standard InChI is InChI=1S/C11H18N2O4/c14-9(6-12-5-8-1-2-8)13-11(10(15)16)3-4-17-7-11/h8,12H,1-7H2,(H,13,14)(H,15,16). The number of nitrogens with one attached hydrogen (secondary N) is 2. The third-order valence-corrected chi connectivity index (χ3v) is 3.23. The molecule has 6 heteroatoms. The summed E-state index contributed by atoms with van der Waals surface area (Å²) >= 11 is 0. The van der Waals surface area contributed by atoms with Crippen molar-refractivity contribution in [2.75, 3.05) is 26.3 Å². The Kier molecular flexibility index (Phi) is 3.63. The molecule has 1 unspecified atom stereocenters. The molecule has 0 spiro atoms. The Labute approximate surface area is 99.7 Å². The number of carboxylic acids is 1. The molecule has 0 radical (unpaired) electrons. The van der Waals surface area contributed by atoms with Crippen molar-refractivity contribution in [3.8, 4) is 0 Å². The second kappa shape index (κ2) is 5.01. The Balaban J connectivity index is 1.76. The first-order chi connectivity index (χ1) is 8.12. The van der Waals surface area contributed by atoms with E-state index < -0.39 is 11.5 Å². The van der Waals surface area contributed by atoms with Crippen LogP contribution in [0.1, 0.15) is 19.3 Å². The molecule has 2 fully saturated rings. The summed E-state index contributed by atoms with van der Waals surface area (Å²) in [5, 5.41) is 14.7. The minimum Gasteiger partial charge on any atom is -0.479 e. The zero-order valence-corrected chi connectivity index (χ0v) is 9.70. The molecule has 3 N–H and O–H groups in total. The fourth-order valence-corrected chi connectivity index (χ4v) is 1.91. The molecule has 0 aromatic heterocycles. The number of carbonyl (C=O) groups excluding carboxylic acids is 1. The van der Waals surface area contributed by atoms with Crippen molar-refractivity contribution in [1.82, 2.24) is 10.6 Å². The molecule has 2 aliphatic rings. The van der Waals surface area contributed by atoms with E-state index in [1.807, 2.05) is 0 Å². The molecule has 1 aliphatic heterocycles. The molecule has 1 aliphatic carbocycles. The normalized spacial score (nSPS) is 28.0. The average molecular weight is 242 g/mol. The molecule has 1 saturated carbocycles. The lowest BCUT2D eigenvalue weighted by Gasteiger charge is -2.23. The summed E-state index contributed by atoms with van der Waals surface area (Å²) in [4.78, 5) is 22.8. The topological polar surface area (TPSA) is 87.7 Å². The van der Waals surface area contributed by atoms with Crippen LogP contribution in [0, 0.1) is 5.92 Å². The third kappa shape index (κ3) is 3.17. The monoisotopic (exact) mass is 242 g/mol. The van der Waals surface area contributed by atoms with Gasteiger partial charge in [0.2, 0.25) is 5.91 Å². The van der Waals surface area contributed by atoms with E-state index in [9.17, 15) is 9.59 Å². The van der Waals surface area contributed by atoms with Crippen molar-refractivity contribution < 1.29 is 19.4 Å². The lowest BCUT2D eigenvalue weighted by Crippen LogP contribution is -2.56. The molecule has 0 aromatic rings. The van der Waals surface area contributed by atoms with Crippen molar-refractivity contribution in [2.24, 2.45) is 5.92 Å². The molecule has 6 nitrogen and oxygen atoms in total. The lowest BCUT2D eigenvalue weighted by molar-refractivity contribution is -0.147. The first kappa shape index (κ1) is 12.3. The van der Waals surface area contributed by atoms with Crippen LogP contribution in [-0.4, -0.2) is 48.8 Å². The summed E-state index contributed by atoms with van der Waals surface area (Å²) in [5.74, 6) is -0.602. The summed E-state index contributed by atoms with van der Waals surface area (Å²) in [7, 11) is 0. The number of carbonyl (C=O) groups is 2. The maximum Gasteiger partial charge on any atom is 0.331 e. The largest absolute Gasteiger partial charge is 0.479 e. The fraction of sp³-hybridized carbons (Fsp3) is 0.818. The van der Waals surface area contributed by atoms with Gasteiger partial charge in [-0.3, -0.25) is 4.79 Å². The summed E-state index contributed by atoms with van der Waals surface area (Å²) in [6, 6.07) is 0. The van der Waals surface area contributed by atoms with E-state index in [1.165, 1.54) is 12.8 Å². The Morgan fingerprint density at radius 1 is 1.41 bits per heavy atom. The third-order valence-electron chi connectivity index (χ3n) is 3.23. The molecular formula is C11H18N2O4. The predicted molar refractivity (Wildman–Crippen MR) is 59.5 cm³/mol. The number of rotatable bonds is 6. The van der Waals surface area contributed by atoms with Gasteiger partial charge in [-0.05, 0) is 25.3 Å². The Morgan fingerprint density at radius 3 is 2.71 bits per heavy atom. The maximum absolute atomic E-state index is 11.6. The molecular weight excluding hydrogens is 224 g/mol. The van der Waals surface area contributed by atoms with Crippen LogP contribution in [0.4, 0.5) is 0 Å². The van der Waals surface area contributed by atoms with Crippen molar-refractivity contribution >= 4 is 11.9 Å². The first-order valence-electron chi connectivity index (χ1n) is 5.95. The Hall–Kier alpha value is -1.14. The maximum atomic E-state index is 11.6. The van der Waals surface area contributed by atoms with Crippen molar-refractivity contribution in [3.63, 3.8) is 0 Å². The zero-order valence-electron chi connectivity index (χ0n) is 9.70. The van der Waals surface area contributed by atoms with Gasteiger partial charge in [0.25, 0.3) is 0 Å². The molecule has 0 aromatic carbocycles. The SMILES string of the molecule is O=C(CNCC1CC1)NC1(C(=O)O)CCOC1. The average Bonchev–Trinajstić information content (AvgIpc) is 2.96. The van der Waals surface area contributed by atoms with E-state index in [-0.39, 0.29) is 19.1 Å². The van der Waals surface area contributed by atoms with Crippen LogP contribution >= 0.6 is 0 Å². The highest BCUT2D eigenvalue weighted by molar-refractivity contribution is 5.88. The highest BCUT2D eigenvalue weighted by Crippen LogP contribution is 2.27. The van der Waals surface area contributed by atoms with Crippen molar-refractivity contribution in [2.45, 2.75) is 24.8 Å². The highest BCUT2D eigenvalue weighted by Gasteiger charge is 2.43. The highest BCUT2D eigenvalue weighted by atomic mass is 16.5. The molecule has 1 atom stereocenters. The summed E-state index contributed by atoms with van der Waals surface area (Å²) in [6.07, 6.45) is 2.78. The Bertz CT molecular complexity index is 309. The summed E-state index contributed by atoms with van der Waals surface area (Å²) < 4.78 is 5.06. The van der Waals surface area contributed by atoms with E-state index in [4.69, 9.17) is 9.84 Å². The number of ether oxygens (including phenoxy) is 1. The van der Waals surface area contributed by atoms with Gasteiger partial charge in [-0.25, -0.2) is 4.79 Å². The van der Waals surface area contributed by atoms with Crippen LogP contribution in [-0.2, 0) is 14.3 Å². The number of hydrogen-bond donors (Lipinski definition) is 3. The molecule has 1 saturated heterocycles. The van der Waals surface area contributed by atoms with E-state index in [2.05, 4.69) is 10.6 Å². The van der Waals surface area contributed by atoms with Gasteiger partial charge < -0.3 is 20.5 Å².